The van der Waals surface area contributed by atoms with E-state index < -0.39 is 28.5 Å². The minimum absolute atomic E-state index is 0.00601. The molecule has 0 bridgehead atoms. The minimum Gasteiger partial charge on any atom is -0.354 e. The van der Waals surface area contributed by atoms with Gasteiger partial charge in [0.1, 0.15) is 12.6 Å². The number of hydrogen-bond donors (Lipinski definition) is 1. The zero-order chi connectivity index (χ0) is 28.7. The van der Waals surface area contributed by atoms with E-state index in [0.717, 1.165) is 16.3 Å². The fourth-order valence-electron chi connectivity index (χ4n) is 3.84. The Hall–Kier alpha value is -2.78. The number of benzene rings is 3. The quantitative estimate of drug-likeness (QED) is 0.285. The van der Waals surface area contributed by atoms with Gasteiger partial charge in [-0.15, -0.1) is 0 Å². The highest BCUT2D eigenvalue weighted by atomic mass is 35.5. The summed E-state index contributed by atoms with van der Waals surface area (Å²) in [6.07, 6.45) is 0.717. The molecule has 0 aliphatic carbocycles. The molecule has 7 nitrogen and oxygen atoms in total. The zero-order valence-corrected chi connectivity index (χ0v) is 24.9. The number of sulfonamides is 1. The van der Waals surface area contributed by atoms with Gasteiger partial charge in [0, 0.05) is 28.2 Å². The molecule has 3 aromatic carbocycles. The molecule has 0 saturated carbocycles. The average molecular weight is 611 g/mol. The molecule has 0 unspecified atom stereocenters. The molecule has 3 rings (SSSR count). The molecule has 0 saturated heterocycles. The predicted octanol–water partition coefficient (Wildman–Crippen LogP) is 6.09. The Bertz CT molecular complexity index is 1410. The fraction of sp³-hybridized carbons (Fsp3) is 0.286. The van der Waals surface area contributed by atoms with E-state index in [1.807, 2.05) is 13.8 Å². The lowest BCUT2D eigenvalue weighted by Gasteiger charge is -2.32. The van der Waals surface area contributed by atoms with Crippen LogP contribution in [0.25, 0.3) is 0 Å². The van der Waals surface area contributed by atoms with Gasteiger partial charge < -0.3 is 10.2 Å². The highest BCUT2D eigenvalue weighted by Crippen LogP contribution is 2.30. The van der Waals surface area contributed by atoms with Crippen LogP contribution in [0.4, 0.5) is 5.69 Å². The van der Waals surface area contributed by atoms with Gasteiger partial charge in [-0.2, -0.15) is 0 Å². The van der Waals surface area contributed by atoms with E-state index in [0.29, 0.717) is 17.1 Å². The van der Waals surface area contributed by atoms with E-state index in [9.17, 15) is 18.0 Å². The Morgan fingerprint density at radius 1 is 0.949 bits per heavy atom. The van der Waals surface area contributed by atoms with Crippen LogP contribution in [0.1, 0.15) is 31.4 Å². The molecule has 2 amide bonds. The van der Waals surface area contributed by atoms with Crippen LogP contribution < -0.4 is 9.62 Å². The lowest BCUT2D eigenvalue weighted by Crippen LogP contribution is -2.51. The lowest BCUT2D eigenvalue weighted by atomic mass is 10.1. The summed E-state index contributed by atoms with van der Waals surface area (Å²) in [5, 5.41) is 3.62. The molecular formula is C28H30Cl3N3O4S. The molecule has 0 radical (unpaired) electrons. The van der Waals surface area contributed by atoms with Gasteiger partial charge in [0.25, 0.3) is 10.0 Å². The predicted molar refractivity (Wildman–Crippen MR) is 157 cm³/mol. The first kappa shape index (κ1) is 30.8. The smallest absolute Gasteiger partial charge is 0.264 e. The minimum atomic E-state index is -4.23. The summed E-state index contributed by atoms with van der Waals surface area (Å²) in [5.41, 5.74) is 1.60. The van der Waals surface area contributed by atoms with Crippen LogP contribution in [-0.4, -0.2) is 44.3 Å². The maximum atomic E-state index is 13.9. The average Bonchev–Trinajstić information content (AvgIpc) is 2.89. The standard InChI is InChI=1S/C28H30Cl3N3O4S/c1-4-13-32-28(36)20(3)33(17-21-7-5-6-8-26(21)31)27(35)18-34(24-15-22(29)14-23(30)16-24)39(37,38)25-11-9-19(2)10-12-25/h5-12,14-16,20H,4,13,17-18H2,1-3H3,(H,32,36)/t20-/m0/s1. The molecule has 11 heteroatoms. The maximum absolute atomic E-state index is 13.9. The SMILES string of the molecule is CCCNC(=O)[C@H](C)N(Cc1ccccc1Cl)C(=O)CN(c1cc(Cl)cc(Cl)c1)S(=O)(=O)c1ccc(C)cc1. The molecule has 1 N–H and O–H groups in total. The van der Waals surface area contributed by atoms with Crippen LogP contribution >= 0.6 is 34.8 Å². The second-order valence-corrected chi connectivity index (χ2v) is 12.2. The third-order valence-corrected chi connectivity index (χ3v) is 8.63. The lowest BCUT2D eigenvalue weighted by molar-refractivity contribution is -0.139. The molecule has 208 valence electrons. The van der Waals surface area contributed by atoms with E-state index >= 15 is 0 Å². The van der Waals surface area contributed by atoms with Crippen LogP contribution in [0.5, 0.6) is 0 Å². The summed E-state index contributed by atoms with van der Waals surface area (Å²) < 4.78 is 28.7. The Labute approximate surface area is 244 Å². The number of hydrogen-bond acceptors (Lipinski definition) is 4. The Balaban J connectivity index is 2.06. The van der Waals surface area contributed by atoms with Crippen molar-refractivity contribution in [3.63, 3.8) is 0 Å². The molecule has 0 heterocycles. The summed E-state index contributed by atoms with van der Waals surface area (Å²) in [5.74, 6) is -0.975. The number of amides is 2. The van der Waals surface area contributed by atoms with Gasteiger partial charge in [0.2, 0.25) is 11.8 Å². The van der Waals surface area contributed by atoms with E-state index in [1.54, 1.807) is 43.3 Å². The van der Waals surface area contributed by atoms with Gasteiger partial charge in [0.15, 0.2) is 0 Å². The first-order valence-corrected chi connectivity index (χ1v) is 14.9. The third kappa shape index (κ3) is 7.88. The Kier molecular flexibility index (Phi) is 10.7. The van der Waals surface area contributed by atoms with Crippen LogP contribution in [0, 0.1) is 6.92 Å². The first-order valence-electron chi connectivity index (χ1n) is 12.3. The summed E-state index contributed by atoms with van der Waals surface area (Å²) >= 11 is 18.8. The summed E-state index contributed by atoms with van der Waals surface area (Å²) in [6.45, 7) is 5.17. The normalized spacial score (nSPS) is 12.1. The van der Waals surface area contributed by atoms with Gasteiger partial charge in [-0.05, 0) is 62.2 Å². The highest BCUT2D eigenvalue weighted by molar-refractivity contribution is 7.92. The van der Waals surface area contributed by atoms with Crippen LogP contribution in [0.2, 0.25) is 15.1 Å². The van der Waals surface area contributed by atoms with Gasteiger partial charge in [-0.1, -0.05) is 77.6 Å². The van der Waals surface area contributed by atoms with Crippen LogP contribution in [0.3, 0.4) is 0 Å². The molecule has 39 heavy (non-hydrogen) atoms. The van der Waals surface area contributed by atoms with E-state index in [-0.39, 0.29) is 33.1 Å². The largest absolute Gasteiger partial charge is 0.354 e. The number of carbonyl (C=O) groups is 2. The van der Waals surface area contributed by atoms with Gasteiger partial charge in [-0.25, -0.2) is 8.42 Å². The zero-order valence-electron chi connectivity index (χ0n) is 21.8. The number of halogens is 3. The molecule has 0 aliphatic rings. The second-order valence-electron chi connectivity index (χ2n) is 9.03. The van der Waals surface area contributed by atoms with E-state index in [1.165, 1.54) is 35.2 Å². The van der Waals surface area contributed by atoms with Crippen molar-refractivity contribution in [2.24, 2.45) is 0 Å². The number of rotatable bonds is 11. The molecular weight excluding hydrogens is 581 g/mol. The number of anilines is 1. The highest BCUT2D eigenvalue weighted by Gasteiger charge is 2.33. The molecule has 0 aromatic heterocycles. The van der Waals surface area contributed by atoms with Crippen LogP contribution in [-0.2, 0) is 26.2 Å². The van der Waals surface area contributed by atoms with Crippen molar-refractivity contribution >= 4 is 62.3 Å². The first-order chi connectivity index (χ1) is 18.4. The van der Waals surface area contributed by atoms with E-state index in [2.05, 4.69) is 5.32 Å². The Morgan fingerprint density at radius 2 is 1.56 bits per heavy atom. The number of nitrogens with one attached hydrogen (secondary N) is 1. The van der Waals surface area contributed by atoms with Gasteiger partial charge in [0.05, 0.1) is 10.6 Å². The fourth-order valence-corrected chi connectivity index (χ4v) is 5.95. The molecule has 0 spiro atoms. The summed E-state index contributed by atoms with van der Waals surface area (Å²) in [4.78, 5) is 28.1. The van der Waals surface area contributed by atoms with Crippen molar-refractivity contribution in [1.82, 2.24) is 10.2 Å². The number of nitrogens with zero attached hydrogens (tertiary/aromatic N) is 2. The maximum Gasteiger partial charge on any atom is 0.264 e. The van der Waals surface area contributed by atoms with Gasteiger partial charge in [-0.3, -0.25) is 13.9 Å². The molecule has 1 atom stereocenters. The third-order valence-electron chi connectivity index (χ3n) is 6.04. The summed E-state index contributed by atoms with van der Waals surface area (Å²) in [6, 6.07) is 16.6. The van der Waals surface area contributed by atoms with Crippen molar-refractivity contribution in [3.05, 3.63) is 92.9 Å². The summed E-state index contributed by atoms with van der Waals surface area (Å²) in [7, 11) is -4.23. The molecule has 3 aromatic rings. The second kappa shape index (κ2) is 13.5. The molecule has 0 aliphatic heterocycles. The van der Waals surface area contributed by atoms with Crippen molar-refractivity contribution in [1.29, 1.82) is 0 Å². The van der Waals surface area contributed by atoms with Crippen molar-refractivity contribution in [2.75, 3.05) is 17.4 Å². The monoisotopic (exact) mass is 609 g/mol. The number of aryl methyl sites for hydroxylation is 1. The van der Waals surface area contributed by atoms with Crippen molar-refractivity contribution < 1.29 is 18.0 Å². The van der Waals surface area contributed by atoms with Crippen molar-refractivity contribution in [2.45, 2.75) is 44.7 Å². The van der Waals surface area contributed by atoms with Crippen molar-refractivity contribution in [3.8, 4) is 0 Å². The number of carbonyl (C=O) groups excluding carboxylic acids is 2. The Morgan fingerprint density at radius 3 is 2.15 bits per heavy atom. The van der Waals surface area contributed by atoms with Gasteiger partial charge >= 0.3 is 0 Å². The topological polar surface area (TPSA) is 86.8 Å². The van der Waals surface area contributed by atoms with Crippen LogP contribution in [0.15, 0.2) is 71.6 Å². The molecule has 0 fully saturated rings. The van der Waals surface area contributed by atoms with E-state index in [4.69, 9.17) is 34.8 Å².